The summed E-state index contributed by atoms with van der Waals surface area (Å²) in [6.45, 7) is 9.40. The van der Waals surface area contributed by atoms with E-state index < -0.39 is 6.10 Å². The van der Waals surface area contributed by atoms with Crippen molar-refractivity contribution in [1.82, 2.24) is 0 Å². The van der Waals surface area contributed by atoms with Crippen LogP contribution in [0.25, 0.3) is 0 Å². The second-order valence-corrected chi connectivity index (χ2v) is 19.5. The van der Waals surface area contributed by atoms with Gasteiger partial charge in [-0.25, -0.2) is 0 Å². The third-order valence-electron chi connectivity index (χ3n) is 11.4. The molecule has 0 radical (unpaired) electrons. The molecule has 0 saturated heterocycles. The number of ether oxygens (including phenoxy) is 4. The third-order valence-corrected chi connectivity index (χ3v) is 11.4. The Morgan fingerprint density at radius 3 is 1.08 bits per heavy atom. The first-order valence-corrected chi connectivity index (χ1v) is 27.5. The topological polar surface area (TPSA) is 158 Å². The first kappa shape index (κ1) is 69.1. The number of quaternary nitrogens is 1. The first-order valence-electron chi connectivity index (χ1n) is 27.5. The summed E-state index contributed by atoms with van der Waals surface area (Å²) >= 11 is 0. The average molecular weight is 949 g/mol. The zero-order valence-electron chi connectivity index (χ0n) is 44.5. The molecule has 0 aromatic carbocycles. The molecule has 0 amide bonds. The highest BCUT2D eigenvalue weighted by Gasteiger charge is 2.09. The number of aliphatic hydroxyl groups excluding tert-OH is 4. The molecule has 3 unspecified atom stereocenters. The predicted molar refractivity (Wildman–Crippen MR) is 275 cm³/mol. The van der Waals surface area contributed by atoms with Gasteiger partial charge in [0.05, 0.1) is 66.5 Å². The molecule has 66 heavy (non-hydrogen) atoms. The lowest BCUT2D eigenvalue weighted by atomic mass is 10.0. The third kappa shape index (κ3) is 64.9. The second-order valence-electron chi connectivity index (χ2n) is 19.5. The highest BCUT2D eigenvalue weighted by molar-refractivity contribution is 5.48. The minimum atomic E-state index is -0.632. The molecule has 0 rings (SSSR count). The Morgan fingerprint density at radius 1 is 0.485 bits per heavy atom. The van der Waals surface area contributed by atoms with Gasteiger partial charge in [-0.3, -0.25) is 0 Å². The molecule has 0 aliphatic carbocycles. The summed E-state index contributed by atoms with van der Waals surface area (Å²) in [5.41, 5.74) is 0. The van der Waals surface area contributed by atoms with Crippen molar-refractivity contribution in [2.45, 2.75) is 257 Å². The number of carbonyl (C=O) groups is 1. The summed E-state index contributed by atoms with van der Waals surface area (Å²) in [7, 11) is 5.84. The zero-order valence-corrected chi connectivity index (χ0v) is 44.5. The fraction of sp³-hybridized carbons (Fsp3) is 0.945. The van der Waals surface area contributed by atoms with Crippen LogP contribution in [0.3, 0.4) is 0 Å². The number of nitrogens with zero attached hydrogens (tertiary/aromatic N) is 1. The number of carbonyl (C=O) groups excluding carboxylic acids is 1. The maximum atomic E-state index is 10.4. The standard InChI is InChI=1S/C25H52O5.C24H48O4.C6H13NO/c1-2-3-4-5-6-7-8-9-10-11-12-13-14-16-19-29-23-25(22-27)30-20-17-15-18-24(28)21-26;1-2-3-4-5-6-7-8-9-10-11-12-13-14-17-20-27-23-24(22-26)28-21-18-15-16-19-25;1-6(8)5-7(2,3)4/h24-28H,2-23H2,1H3;19,24,26H,2-18,20-23H2,1H3;5H,1-4H3. The molecular weight excluding hydrogens is 835 g/mol. The molecule has 0 heterocycles. The Balaban J connectivity index is -0.00000103. The van der Waals surface area contributed by atoms with Crippen LogP contribution >= 0.6 is 0 Å². The van der Waals surface area contributed by atoms with Crippen LogP contribution in [0.5, 0.6) is 0 Å². The second kappa shape index (κ2) is 58.2. The fourth-order valence-corrected chi connectivity index (χ4v) is 7.48. The van der Waals surface area contributed by atoms with Gasteiger partial charge in [0.15, 0.2) is 0 Å². The summed E-state index contributed by atoms with van der Waals surface area (Å²) in [4.78, 5) is 10.2. The average Bonchev–Trinajstić information content (AvgIpc) is 3.29. The quantitative estimate of drug-likeness (QED) is 0.0200. The zero-order chi connectivity index (χ0) is 49.5. The molecule has 0 spiro atoms. The summed E-state index contributed by atoms with van der Waals surface area (Å²) in [6.07, 6.45) is 43.9. The van der Waals surface area contributed by atoms with Crippen molar-refractivity contribution in [3.63, 3.8) is 0 Å². The molecule has 0 saturated carbocycles. The SMILES string of the molecule is CC([O-])=C[N+](C)(C)C.CCCCCCCCCCCCCCCCOCC(CO)OCCCCC(O)CO.CCCCCCCCCCCCCCCCOCC(CO)OCCCCC=O. The summed E-state index contributed by atoms with van der Waals surface area (Å²) in [5, 5.41) is 47.1. The molecule has 0 aliphatic heterocycles. The minimum absolute atomic E-state index is 0.00752. The van der Waals surface area contributed by atoms with Crippen LogP contribution < -0.4 is 5.11 Å². The number of unbranched alkanes of at least 4 members (excludes halogenated alkanes) is 29. The van der Waals surface area contributed by atoms with E-state index in [4.69, 9.17) is 24.1 Å². The Kier molecular flexibility index (Phi) is 60.9. The molecule has 11 nitrogen and oxygen atoms in total. The van der Waals surface area contributed by atoms with E-state index in [1.807, 2.05) is 21.1 Å². The van der Waals surface area contributed by atoms with E-state index in [0.717, 1.165) is 58.0 Å². The summed E-state index contributed by atoms with van der Waals surface area (Å²) in [5.74, 6) is 0.123. The summed E-state index contributed by atoms with van der Waals surface area (Å²) in [6, 6.07) is 0. The van der Waals surface area contributed by atoms with E-state index >= 15 is 0 Å². The number of rotatable bonds is 50. The van der Waals surface area contributed by atoms with Gasteiger partial charge in [-0.2, -0.15) is 0 Å². The molecule has 0 fully saturated rings. The Morgan fingerprint density at radius 2 is 0.803 bits per heavy atom. The molecule has 398 valence electrons. The number of aliphatic hydroxyl groups is 4. The van der Waals surface area contributed by atoms with Gasteiger partial charge in [-0.1, -0.05) is 187 Å². The van der Waals surface area contributed by atoms with Crippen molar-refractivity contribution in [3.05, 3.63) is 12.0 Å². The first-order chi connectivity index (χ1) is 32.0. The molecular formula is C55H113NO10. The highest BCUT2D eigenvalue weighted by atomic mass is 16.5. The predicted octanol–water partition coefficient (Wildman–Crippen LogP) is 11.5. The lowest BCUT2D eigenvalue weighted by Gasteiger charge is -2.20. The minimum Gasteiger partial charge on any atom is -0.872 e. The van der Waals surface area contributed by atoms with Crippen molar-refractivity contribution in [1.29, 1.82) is 0 Å². The number of hydrogen-bond donors (Lipinski definition) is 4. The maximum Gasteiger partial charge on any atom is 0.119 e. The van der Waals surface area contributed by atoms with Crippen molar-refractivity contribution in [2.75, 3.05) is 80.6 Å². The van der Waals surface area contributed by atoms with E-state index in [1.165, 1.54) is 167 Å². The smallest absolute Gasteiger partial charge is 0.119 e. The van der Waals surface area contributed by atoms with Crippen LogP contribution in [0.4, 0.5) is 0 Å². The van der Waals surface area contributed by atoms with Gasteiger partial charge < -0.3 is 53.8 Å². The number of allylic oxidation sites excluding steroid dienone is 1. The van der Waals surface area contributed by atoms with E-state index in [1.54, 1.807) is 13.1 Å². The highest BCUT2D eigenvalue weighted by Crippen LogP contribution is 2.15. The summed E-state index contributed by atoms with van der Waals surface area (Å²) < 4.78 is 23.1. The number of aldehydes is 1. The lowest BCUT2D eigenvalue weighted by Crippen LogP contribution is -2.28. The van der Waals surface area contributed by atoms with Gasteiger partial charge >= 0.3 is 0 Å². The van der Waals surface area contributed by atoms with Gasteiger partial charge in [-0.15, -0.1) is 0 Å². The molecule has 4 N–H and O–H groups in total. The van der Waals surface area contributed by atoms with Crippen LogP contribution in [-0.2, 0) is 23.7 Å². The fourth-order valence-electron chi connectivity index (χ4n) is 7.48. The van der Waals surface area contributed by atoms with Gasteiger partial charge in [0.25, 0.3) is 0 Å². The molecule has 11 heteroatoms. The van der Waals surface area contributed by atoms with E-state index in [9.17, 15) is 25.2 Å². The van der Waals surface area contributed by atoms with Crippen molar-refractivity contribution in [3.8, 4) is 0 Å². The normalized spacial score (nSPS) is 13.2. The van der Waals surface area contributed by atoms with Crippen molar-refractivity contribution >= 4 is 6.29 Å². The van der Waals surface area contributed by atoms with Gasteiger partial charge in [0.1, 0.15) is 18.5 Å². The van der Waals surface area contributed by atoms with Gasteiger partial charge in [0.2, 0.25) is 0 Å². The van der Waals surface area contributed by atoms with Crippen LogP contribution in [0, 0.1) is 0 Å². The van der Waals surface area contributed by atoms with E-state index in [2.05, 4.69) is 13.8 Å². The van der Waals surface area contributed by atoms with Crippen LogP contribution in [0.15, 0.2) is 12.0 Å². The maximum absolute atomic E-state index is 10.4. The van der Waals surface area contributed by atoms with Crippen molar-refractivity contribution in [2.24, 2.45) is 0 Å². The monoisotopic (exact) mass is 948 g/mol. The van der Waals surface area contributed by atoms with Crippen molar-refractivity contribution < 1.29 is 53.8 Å². The number of hydrogen-bond acceptors (Lipinski definition) is 10. The molecule has 0 aliphatic rings. The lowest BCUT2D eigenvalue weighted by molar-refractivity contribution is -0.819. The Labute approximate surface area is 408 Å². The molecule has 0 aromatic heterocycles. The molecule has 0 aromatic rings. The molecule has 3 atom stereocenters. The largest absolute Gasteiger partial charge is 0.872 e. The van der Waals surface area contributed by atoms with Gasteiger partial charge in [0, 0.05) is 32.8 Å². The van der Waals surface area contributed by atoms with Crippen LogP contribution in [0.1, 0.15) is 239 Å². The van der Waals surface area contributed by atoms with E-state index in [0.29, 0.717) is 43.8 Å². The Hall–Kier alpha value is -1.15. The van der Waals surface area contributed by atoms with Gasteiger partial charge in [-0.05, 0) is 51.9 Å². The Bertz CT molecular complexity index is 930. The molecule has 0 bridgehead atoms. The van der Waals surface area contributed by atoms with Crippen LogP contribution in [-0.4, -0.2) is 130 Å². The van der Waals surface area contributed by atoms with E-state index in [-0.39, 0.29) is 37.8 Å². The van der Waals surface area contributed by atoms with Crippen LogP contribution in [0.2, 0.25) is 0 Å².